The molecular formula is C24H32N4O7S. The van der Waals surface area contributed by atoms with Gasteiger partial charge < -0.3 is 15.0 Å². The number of hydrogen-bond donors (Lipinski definition) is 1. The van der Waals surface area contributed by atoms with Crippen LogP contribution in [0.3, 0.4) is 0 Å². The summed E-state index contributed by atoms with van der Waals surface area (Å²) < 4.78 is 31.5. The van der Waals surface area contributed by atoms with Gasteiger partial charge in [0.2, 0.25) is 21.8 Å². The van der Waals surface area contributed by atoms with E-state index in [9.17, 15) is 28.1 Å². The van der Waals surface area contributed by atoms with Gasteiger partial charge in [-0.25, -0.2) is 8.42 Å². The van der Waals surface area contributed by atoms with E-state index in [1.165, 1.54) is 24.1 Å². The van der Waals surface area contributed by atoms with Gasteiger partial charge in [0.05, 0.1) is 18.3 Å². The van der Waals surface area contributed by atoms with Crippen LogP contribution >= 0.6 is 0 Å². The molecule has 1 atom stereocenters. The van der Waals surface area contributed by atoms with Crippen molar-refractivity contribution in [2.24, 2.45) is 0 Å². The fraction of sp³-hybridized carbons (Fsp3) is 0.417. The van der Waals surface area contributed by atoms with Crippen LogP contribution in [0.2, 0.25) is 0 Å². The number of anilines is 1. The minimum Gasteiger partial charge on any atom is -0.495 e. The Balaban J connectivity index is 2.52. The molecule has 0 heterocycles. The number of hydrogen-bond acceptors (Lipinski definition) is 7. The number of nitro groups is 1. The Labute approximate surface area is 211 Å². The fourth-order valence-corrected chi connectivity index (χ4v) is 4.42. The molecule has 0 bridgehead atoms. The molecule has 0 aliphatic heterocycles. The van der Waals surface area contributed by atoms with Gasteiger partial charge in [-0.1, -0.05) is 29.8 Å². The van der Waals surface area contributed by atoms with Gasteiger partial charge in [-0.3, -0.25) is 24.0 Å². The van der Waals surface area contributed by atoms with Crippen LogP contribution < -0.4 is 14.4 Å². The van der Waals surface area contributed by atoms with Gasteiger partial charge in [0.25, 0.3) is 5.69 Å². The topological polar surface area (TPSA) is 139 Å². The van der Waals surface area contributed by atoms with Crippen molar-refractivity contribution >= 4 is 33.2 Å². The third-order valence-corrected chi connectivity index (χ3v) is 6.48. The summed E-state index contributed by atoms with van der Waals surface area (Å²) in [5.41, 5.74) is 1.19. The first-order valence-electron chi connectivity index (χ1n) is 11.2. The predicted molar refractivity (Wildman–Crippen MR) is 136 cm³/mol. The van der Waals surface area contributed by atoms with Crippen molar-refractivity contribution in [1.82, 2.24) is 10.2 Å². The van der Waals surface area contributed by atoms with Crippen LogP contribution in [-0.2, 0) is 26.2 Å². The van der Waals surface area contributed by atoms with Crippen molar-refractivity contribution in [1.29, 1.82) is 0 Å². The number of amides is 2. The molecule has 1 N–H and O–H groups in total. The number of carbonyl (C=O) groups is 2. The number of methoxy groups -OCH3 is 1. The van der Waals surface area contributed by atoms with E-state index in [1.807, 2.05) is 25.1 Å². The first-order valence-corrected chi connectivity index (χ1v) is 13.0. The number of sulfonamides is 1. The summed E-state index contributed by atoms with van der Waals surface area (Å²) in [5.74, 6) is -1.03. The van der Waals surface area contributed by atoms with E-state index >= 15 is 0 Å². The third kappa shape index (κ3) is 7.41. The second-order valence-electron chi connectivity index (χ2n) is 8.73. The zero-order valence-electron chi connectivity index (χ0n) is 21.2. The number of nitrogens with one attached hydrogen (secondary N) is 1. The standard InChI is InChI=1S/C24H32N4O7S/c1-16(2)25-24(30)18(4)26(14-19-9-7-8-17(3)12-19)23(29)15-27(36(6,33)34)21-13-20(28(31)32)10-11-22(21)35-5/h7-13,16,18H,14-15H2,1-6H3,(H,25,30)/t18-/m1/s1. The van der Waals surface area contributed by atoms with Gasteiger partial charge >= 0.3 is 0 Å². The molecule has 0 aliphatic carbocycles. The summed E-state index contributed by atoms with van der Waals surface area (Å²) in [6.07, 6.45) is 0.887. The Hall–Kier alpha value is -3.67. The highest BCUT2D eigenvalue weighted by molar-refractivity contribution is 7.92. The molecule has 2 amide bonds. The second kappa shape index (κ2) is 11.8. The molecule has 2 aromatic rings. The second-order valence-corrected chi connectivity index (χ2v) is 10.6. The van der Waals surface area contributed by atoms with Crippen LogP contribution in [0.15, 0.2) is 42.5 Å². The van der Waals surface area contributed by atoms with Gasteiger partial charge in [0, 0.05) is 24.7 Å². The Morgan fingerprint density at radius 3 is 2.33 bits per heavy atom. The van der Waals surface area contributed by atoms with Crippen LogP contribution in [0.5, 0.6) is 5.75 Å². The molecule has 36 heavy (non-hydrogen) atoms. The zero-order chi connectivity index (χ0) is 27.2. The Bertz CT molecular complexity index is 1230. The number of ether oxygens (including phenoxy) is 1. The molecule has 0 saturated carbocycles. The fourth-order valence-electron chi connectivity index (χ4n) is 3.58. The lowest BCUT2D eigenvalue weighted by Crippen LogP contribution is -2.52. The molecule has 12 heteroatoms. The highest BCUT2D eigenvalue weighted by Gasteiger charge is 2.32. The molecule has 196 valence electrons. The normalized spacial score (nSPS) is 12.1. The smallest absolute Gasteiger partial charge is 0.271 e. The van der Waals surface area contributed by atoms with E-state index < -0.39 is 39.3 Å². The predicted octanol–water partition coefficient (Wildman–Crippen LogP) is 2.62. The monoisotopic (exact) mass is 520 g/mol. The number of benzene rings is 2. The van der Waals surface area contributed by atoms with Crippen molar-refractivity contribution in [2.45, 2.75) is 46.3 Å². The SMILES string of the molecule is COc1ccc([N+](=O)[O-])cc1N(CC(=O)N(Cc1cccc(C)c1)[C@H](C)C(=O)NC(C)C)S(C)(=O)=O. The lowest BCUT2D eigenvalue weighted by molar-refractivity contribution is -0.384. The molecule has 0 fully saturated rings. The van der Waals surface area contributed by atoms with E-state index in [0.717, 1.165) is 27.8 Å². The molecule has 0 unspecified atom stereocenters. The average molecular weight is 521 g/mol. The van der Waals surface area contributed by atoms with Gasteiger partial charge in [0.1, 0.15) is 24.0 Å². The molecule has 2 rings (SSSR count). The van der Waals surface area contributed by atoms with Crippen LogP contribution in [-0.4, -0.2) is 62.0 Å². The maximum Gasteiger partial charge on any atom is 0.271 e. The molecule has 0 radical (unpaired) electrons. The minimum atomic E-state index is -4.08. The summed E-state index contributed by atoms with van der Waals surface area (Å²) in [4.78, 5) is 38.3. The zero-order valence-corrected chi connectivity index (χ0v) is 22.0. The van der Waals surface area contributed by atoms with E-state index in [0.29, 0.717) is 0 Å². The van der Waals surface area contributed by atoms with Crippen molar-refractivity contribution in [3.63, 3.8) is 0 Å². The number of nitrogens with zero attached hydrogens (tertiary/aromatic N) is 3. The number of nitro benzene ring substituents is 1. The highest BCUT2D eigenvalue weighted by atomic mass is 32.2. The summed E-state index contributed by atoms with van der Waals surface area (Å²) in [6, 6.07) is 9.77. The van der Waals surface area contributed by atoms with E-state index in [2.05, 4.69) is 5.32 Å². The van der Waals surface area contributed by atoms with Gasteiger partial charge in [-0.15, -0.1) is 0 Å². The minimum absolute atomic E-state index is 0.0367. The number of aryl methyl sites for hydroxylation is 1. The van der Waals surface area contributed by atoms with Crippen molar-refractivity contribution in [3.05, 3.63) is 63.7 Å². The molecule has 0 aliphatic rings. The molecule has 2 aromatic carbocycles. The number of carbonyl (C=O) groups excluding carboxylic acids is 2. The lowest BCUT2D eigenvalue weighted by atomic mass is 10.1. The number of rotatable bonds is 11. The van der Waals surface area contributed by atoms with Gasteiger partial charge in [-0.2, -0.15) is 0 Å². The first kappa shape index (κ1) is 28.6. The Morgan fingerprint density at radius 1 is 1.14 bits per heavy atom. The quantitative estimate of drug-likeness (QED) is 0.355. The maximum atomic E-state index is 13.6. The van der Waals surface area contributed by atoms with Gasteiger partial charge in [-0.05, 0) is 39.3 Å². The lowest BCUT2D eigenvalue weighted by Gasteiger charge is -2.32. The first-order chi connectivity index (χ1) is 16.7. The number of non-ortho nitro benzene ring substituents is 1. The van der Waals surface area contributed by atoms with Crippen molar-refractivity contribution in [2.75, 3.05) is 24.2 Å². The van der Waals surface area contributed by atoms with Crippen LogP contribution in [0.25, 0.3) is 0 Å². The molecule has 0 spiro atoms. The summed E-state index contributed by atoms with van der Waals surface area (Å²) in [7, 11) is -2.80. The van der Waals surface area contributed by atoms with Crippen LogP contribution in [0.1, 0.15) is 31.9 Å². The van der Waals surface area contributed by atoms with Crippen LogP contribution in [0.4, 0.5) is 11.4 Å². The summed E-state index contributed by atoms with van der Waals surface area (Å²) in [5, 5.41) is 14.1. The van der Waals surface area contributed by atoms with Crippen molar-refractivity contribution < 1.29 is 27.7 Å². The molecule has 11 nitrogen and oxygen atoms in total. The van der Waals surface area contributed by atoms with Crippen molar-refractivity contribution in [3.8, 4) is 5.75 Å². The summed E-state index contributed by atoms with van der Waals surface area (Å²) in [6.45, 7) is 6.39. The largest absolute Gasteiger partial charge is 0.495 e. The van der Waals surface area contributed by atoms with E-state index in [1.54, 1.807) is 26.8 Å². The molecular weight excluding hydrogens is 488 g/mol. The van der Waals surface area contributed by atoms with Crippen LogP contribution in [0, 0.1) is 17.0 Å². The Kier molecular flexibility index (Phi) is 9.40. The molecule has 0 saturated heterocycles. The highest BCUT2D eigenvalue weighted by Crippen LogP contribution is 2.33. The van der Waals surface area contributed by atoms with E-state index in [4.69, 9.17) is 4.74 Å². The Morgan fingerprint density at radius 2 is 1.81 bits per heavy atom. The average Bonchev–Trinajstić information content (AvgIpc) is 2.78. The molecule has 0 aromatic heterocycles. The third-order valence-electron chi connectivity index (χ3n) is 5.35. The summed E-state index contributed by atoms with van der Waals surface area (Å²) >= 11 is 0. The van der Waals surface area contributed by atoms with E-state index in [-0.39, 0.29) is 29.7 Å². The maximum absolute atomic E-state index is 13.6. The van der Waals surface area contributed by atoms with Gasteiger partial charge in [0.15, 0.2) is 0 Å².